The minimum absolute atomic E-state index is 0.370. The van der Waals surface area contributed by atoms with Crippen molar-refractivity contribution in [3.8, 4) is 5.75 Å². The Labute approximate surface area is 96.9 Å². The highest BCUT2D eigenvalue weighted by Gasteiger charge is 2.33. The van der Waals surface area contributed by atoms with Crippen LogP contribution >= 0.6 is 0 Å². The van der Waals surface area contributed by atoms with E-state index >= 15 is 0 Å². The third-order valence-corrected chi connectivity index (χ3v) is 4.18. The third-order valence-electron chi connectivity index (χ3n) is 4.18. The molecule has 3 aliphatic rings. The minimum Gasteiger partial charge on any atom is -0.508 e. The number of hydrogen-bond donors (Lipinski definition) is 1. The number of hydrogen-bond acceptors (Lipinski definition) is 2. The fourth-order valence-electron chi connectivity index (χ4n) is 3.20. The average molecular weight is 217 g/mol. The van der Waals surface area contributed by atoms with Crippen molar-refractivity contribution < 1.29 is 5.11 Å². The van der Waals surface area contributed by atoms with Gasteiger partial charge in [-0.3, -0.25) is 0 Å². The molecule has 0 saturated carbocycles. The predicted octanol–water partition coefficient (Wildman–Crippen LogP) is 2.42. The molecule has 0 spiro atoms. The summed E-state index contributed by atoms with van der Waals surface area (Å²) in [5, 5.41) is 9.26. The molecule has 3 aliphatic heterocycles. The molecule has 4 rings (SSSR count). The van der Waals surface area contributed by atoms with Crippen LogP contribution in [0.2, 0.25) is 0 Å². The summed E-state index contributed by atoms with van der Waals surface area (Å²) in [6.45, 7) is 2.60. The molecular weight excluding hydrogens is 198 g/mol. The van der Waals surface area contributed by atoms with Crippen LogP contribution in [0.4, 0.5) is 0 Å². The summed E-state index contributed by atoms with van der Waals surface area (Å²) in [7, 11) is 0. The summed E-state index contributed by atoms with van der Waals surface area (Å²) in [6, 6.07) is 8.45. The van der Waals surface area contributed by atoms with E-state index in [2.05, 4.69) is 17.0 Å². The third kappa shape index (κ3) is 1.94. The number of aromatic hydroxyl groups is 1. The topological polar surface area (TPSA) is 23.5 Å². The second kappa shape index (κ2) is 4.10. The number of fused-ring (bicyclic) bond motifs is 3. The molecule has 3 fully saturated rings. The van der Waals surface area contributed by atoms with E-state index in [1.165, 1.54) is 37.9 Å². The maximum Gasteiger partial charge on any atom is 0.115 e. The largest absolute Gasteiger partial charge is 0.508 e. The lowest BCUT2D eigenvalue weighted by molar-refractivity contribution is 0.0498. The van der Waals surface area contributed by atoms with Gasteiger partial charge in [0.1, 0.15) is 5.75 Å². The van der Waals surface area contributed by atoms with Gasteiger partial charge in [-0.15, -0.1) is 0 Å². The number of phenolic OH excluding ortho intramolecular Hbond substituents is 1. The molecular formula is C14H19NO. The first-order valence-corrected chi connectivity index (χ1v) is 6.33. The van der Waals surface area contributed by atoms with Crippen molar-refractivity contribution >= 4 is 0 Å². The first kappa shape index (κ1) is 10.2. The van der Waals surface area contributed by atoms with Gasteiger partial charge in [-0.2, -0.15) is 0 Å². The summed E-state index contributed by atoms with van der Waals surface area (Å²) in [5.41, 5.74) is 1.36. The Kier molecular flexibility index (Phi) is 2.60. The highest BCUT2D eigenvalue weighted by molar-refractivity contribution is 5.26. The smallest absolute Gasteiger partial charge is 0.115 e. The monoisotopic (exact) mass is 217 g/mol. The number of phenols is 1. The van der Waals surface area contributed by atoms with Crippen molar-refractivity contribution in [1.29, 1.82) is 0 Å². The van der Waals surface area contributed by atoms with E-state index < -0.39 is 0 Å². The molecule has 3 saturated heterocycles. The van der Waals surface area contributed by atoms with Crippen LogP contribution in [-0.4, -0.2) is 29.1 Å². The van der Waals surface area contributed by atoms with Crippen LogP contribution < -0.4 is 0 Å². The molecule has 0 radical (unpaired) electrons. The highest BCUT2D eigenvalue weighted by atomic mass is 16.3. The summed E-state index contributed by atoms with van der Waals surface area (Å²) >= 11 is 0. The lowest BCUT2D eigenvalue weighted by Crippen LogP contribution is -2.49. The van der Waals surface area contributed by atoms with E-state index in [1.807, 2.05) is 0 Å². The number of rotatable bonds is 2. The van der Waals surface area contributed by atoms with Crippen LogP contribution in [0.3, 0.4) is 0 Å². The molecule has 86 valence electrons. The van der Waals surface area contributed by atoms with E-state index in [-0.39, 0.29) is 0 Å². The van der Waals surface area contributed by atoms with Crippen molar-refractivity contribution in [3.05, 3.63) is 29.8 Å². The zero-order valence-electron chi connectivity index (χ0n) is 9.60. The molecule has 0 aliphatic carbocycles. The standard InChI is InChI=1S/C14H19NO/c16-14-3-1-11(2-4-14)9-13-10-12-5-7-15(13)8-6-12/h1-4,12-13,16H,5-10H2/t13-/m0/s1. The van der Waals surface area contributed by atoms with Gasteiger partial charge in [-0.05, 0) is 62.4 Å². The molecule has 0 unspecified atom stereocenters. The van der Waals surface area contributed by atoms with Gasteiger partial charge in [-0.1, -0.05) is 12.1 Å². The van der Waals surface area contributed by atoms with E-state index in [0.717, 1.165) is 18.4 Å². The lowest BCUT2D eigenvalue weighted by Gasteiger charge is -2.45. The Hall–Kier alpha value is -1.02. The lowest BCUT2D eigenvalue weighted by atomic mass is 9.81. The second-order valence-electron chi connectivity index (χ2n) is 5.24. The first-order chi connectivity index (χ1) is 7.81. The Morgan fingerprint density at radius 3 is 2.38 bits per heavy atom. The van der Waals surface area contributed by atoms with Gasteiger partial charge < -0.3 is 10.0 Å². The van der Waals surface area contributed by atoms with Crippen molar-refractivity contribution in [1.82, 2.24) is 4.90 Å². The Morgan fingerprint density at radius 2 is 1.81 bits per heavy atom. The minimum atomic E-state index is 0.370. The molecule has 1 aromatic carbocycles. The van der Waals surface area contributed by atoms with Crippen LogP contribution in [0, 0.1) is 5.92 Å². The molecule has 1 aromatic rings. The zero-order valence-corrected chi connectivity index (χ0v) is 9.60. The van der Waals surface area contributed by atoms with E-state index in [1.54, 1.807) is 12.1 Å². The van der Waals surface area contributed by atoms with E-state index in [4.69, 9.17) is 0 Å². The molecule has 3 heterocycles. The van der Waals surface area contributed by atoms with Crippen LogP contribution in [0.5, 0.6) is 5.75 Å². The Morgan fingerprint density at radius 1 is 1.12 bits per heavy atom. The van der Waals surface area contributed by atoms with Crippen molar-refractivity contribution in [3.63, 3.8) is 0 Å². The quantitative estimate of drug-likeness (QED) is 0.822. The predicted molar refractivity (Wildman–Crippen MR) is 64.5 cm³/mol. The van der Waals surface area contributed by atoms with Crippen LogP contribution in [0.1, 0.15) is 24.8 Å². The average Bonchev–Trinajstić information content (AvgIpc) is 2.34. The van der Waals surface area contributed by atoms with Gasteiger partial charge >= 0.3 is 0 Å². The van der Waals surface area contributed by atoms with Crippen molar-refractivity contribution in [2.45, 2.75) is 31.7 Å². The molecule has 1 N–H and O–H groups in total. The second-order valence-corrected chi connectivity index (χ2v) is 5.24. The molecule has 2 heteroatoms. The normalized spacial score (nSPS) is 32.9. The Bertz CT molecular complexity index is 352. The zero-order chi connectivity index (χ0) is 11.0. The van der Waals surface area contributed by atoms with Gasteiger partial charge in [0, 0.05) is 6.04 Å². The number of benzene rings is 1. The van der Waals surface area contributed by atoms with Gasteiger partial charge in [0.15, 0.2) is 0 Å². The van der Waals surface area contributed by atoms with Gasteiger partial charge in [-0.25, -0.2) is 0 Å². The fraction of sp³-hybridized carbons (Fsp3) is 0.571. The van der Waals surface area contributed by atoms with Crippen LogP contribution in [0.15, 0.2) is 24.3 Å². The summed E-state index contributed by atoms with van der Waals surface area (Å²) in [6.07, 6.45) is 5.34. The molecule has 0 aromatic heterocycles. The van der Waals surface area contributed by atoms with Crippen molar-refractivity contribution in [2.24, 2.45) is 5.92 Å². The van der Waals surface area contributed by atoms with E-state index in [0.29, 0.717) is 5.75 Å². The Balaban J connectivity index is 1.68. The first-order valence-electron chi connectivity index (χ1n) is 6.33. The van der Waals surface area contributed by atoms with Gasteiger partial charge in [0.25, 0.3) is 0 Å². The van der Waals surface area contributed by atoms with E-state index in [9.17, 15) is 5.11 Å². The number of piperidine rings is 3. The van der Waals surface area contributed by atoms with Crippen molar-refractivity contribution in [2.75, 3.05) is 13.1 Å². The molecule has 2 bridgehead atoms. The fourth-order valence-corrected chi connectivity index (χ4v) is 3.20. The number of nitrogens with zero attached hydrogens (tertiary/aromatic N) is 1. The van der Waals surface area contributed by atoms with Crippen LogP contribution in [0.25, 0.3) is 0 Å². The maximum absolute atomic E-state index is 9.26. The summed E-state index contributed by atoms with van der Waals surface area (Å²) in [4.78, 5) is 2.65. The summed E-state index contributed by atoms with van der Waals surface area (Å²) in [5.74, 6) is 1.35. The SMILES string of the molecule is Oc1ccc(C[C@H]2CC3CCN2CC3)cc1. The molecule has 1 atom stereocenters. The molecule has 2 nitrogen and oxygen atoms in total. The molecule has 0 amide bonds. The van der Waals surface area contributed by atoms with Crippen LogP contribution in [-0.2, 0) is 6.42 Å². The van der Waals surface area contributed by atoms with Gasteiger partial charge in [0.2, 0.25) is 0 Å². The highest BCUT2D eigenvalue weighted by Crippen LogP contribution is 2.33. The maximum atomic E-state index is 9.26. The molecule has 16 heavy (non-hydrogen) atoms. The summed E-state index contributed by atoms with van der Waals surface area (Å²) < 4.78 is 0. The van der Waals surface area contributed by atoms with Gasteiger partial charge in [0.05, 0.1) is 0 Å².